The molecule has 0 saturated heterocycles. The Morgan fingerprint density at radius 1 is 1.20 bits per heavy atom. The lowest BCUT2D eigenvalue weighted by molar-refractivity contribution is 0.949. The third-order valence-electron chi connectivity index (χ3n) is 4.24. The number of aryl methyl sites for hydroxylation is 1. The normalized spacial score (nSPS) is 11.6. The summed E-state index contributed by atoms with van der Waals surface area (Å²) >= 11 is 5.14. The topological polar surface area (TPSA) is 59.4 Å². The Morgan fingerprint density at radius 2 is 2.12 bits per heavy atom. The van der Waals surface area contributed by atoms with E-state index in [1.54, 1.807) is 17.5 Å². The molecule has 7 heteroatoms. The van der Waals surface area contributed by atoms with Crippen molar-refractivity contribution in [2.24, 2.45) is 7.05 Å². The van der Waals surface area contributed by atoms with Crippen LogP contribution in [0.25, 0.3) is 43.9 Å². The van der Waals surface area contributed by atoms with Crippen molar-refractivity contribution >= 4 is 49.3 Å². The van der Waals surface area contributed by atoms with E-state index in [0.717, 1.165) is 48.4 Å². The summed E-state index contributed by atoms with van der Waals surface area (Å²) in [6, 6.07) is 6.11. The maximum Gasteiger partial charge on any atom is 0.140 e. The van der Waals surface area contributed by atoms with Gasteiger partial charge in [0, 0.05) is 63.6 Å². The molecule has 0 aromatic carbocycles. The van der Waals surface area contributed by atoms with Crippen LogP contribution < -0.4 is 0 Å². The molecule has 5 heterocycles. The molecule has 5 aromatic heterocycles. The number of rotatable bonds is 2. The van der Waals surface area contributed by atoms with Crippen molar-refractivity contribution in [3.8, 4) is 21.8 Å². The summed E-state index contributed by atoms with van der Waals surface area (Å²) in [5, 5.41) is 5.26. The fourth-order valence-corrected chi connectivity index (χ4v) is 4.27. The molecule has 0 unspecified atom stereocenters. The van der Waals surface area contributed by atoms with Crippen molar-refractivity contribution in [3.05, 3.63) is 52.8 Å². The van der Waals surface area contributed by atoms with Crippen molar-refractivity contribution in [2.45, 2.75) is 0 Å². The Balaban J connectivity index is 1.67. The lowest BCUT2D eigenvalue weighted by atomic mass is 10.2. The Kier molecular flexibility index (Phi) is 3.26. The highest BCUT2D eigenvalue weighted by Crippen LogP contribution is 2.36. The van der Waals surface area contributed by atoms with Crippen LogP contribution in [0.2, 0.25) is 0 Å². The third kappa shape index (κ3) is 2.31. The first-order chi connectivity index (χ1) is 12.2. The molecule has 0 saturated carbocycles. The van der Waals surface area contributed by atoms with E-state index in [4.69, 9.17) is 4.98 Å². The molecule has 0 atom stereocenters. The number of nitrogens with zero attached hydrogens (tertiary/aromatic N) is 4. The van der Waals surface area contributed by atoms with Gasteiger partial charge in [0.15, 0.2) is 0 Å². The predicted octanol–water partition coefficient (Wildman–Crippen LogP) is 5.00. The van der Waals surface area contributed by atoms with Crippen molar-refractivity contribution in [1.29, 1.82) is 0 Å². The van der Waals surface area contributed by atoms with Crippen LogP contribution in [0.15, 0.2) is 52.8 Å². The van der Waals surface area contributed by atoms with Crippen LogP contribution >= 0.6 is 27.3 Å². The van der Waals surface area contributed by atoms with Crippen LogP contribution in [0, 0.1) is 0 Å². The maximum absolute atomic E-state index is 4.88. The number of nitrogens with one attached hydrogen (secondary N) is 1. The molecule has 0 radical (unpaired) electrons. The van der Waals surface area contributed by atoms with E-state index in [1.165, 1.54) is 0 Å². The van der Waals surface area contributed by atoms with Crippen molar-refractivity contribution < 1.29 is 0 Å². The minimum Gasteiger partial charge on any atom is -0.345 e. The van der Waals surface area contributed by atoms with Gasteiger partial charge in [0.25, 0.3) is 0 Å². The Labute approximate surface area is 155 Å². The average Bonchev–Trinajstić information content (AvgIpc) is 3.32. The van der Waals surface area contributed by atoms with Crippen molar-refractivity contribution in [3.63, 3.8) is 0 Å². The molecule has 0 bridgehead atoms. The van der Waals surface area contributed by atoms with Crippen LogP contribution in [-0.2, 0) is 7.05 Å². The highest BCUT2D eigenvalue weighted by Gasteiger charge is 2.15. The Bertz CT molecular complexity index is 1230. The number of hydrogen-bond donors (Lipinski definition) is 1. The lowest BCUT2D eigenvalue weighted by Crippen LogP contribution is -1.85. The molecule has 0 fully saturated rings. The van der Waals surface area contributed by atoms with E-state index < -0.39 is 0 Å². The highest BCUT2D eigenvalue weighted by molar-refractivity contribution is 9.10. The van der Waals surface area contributed by atoms with Gasteiger partial charge in [-0.05, 0) is 34.1 Å². The lowest BCUT2D eigenvalue weighted by Gasteiger charge is -1.96. The van der Waals surface area contributed by atoms with E-state index in [-0.39, 0.29) is 0 Å². The summed E-state index contributed by atoms with van der Waals surface area (Å²) in [6.07, 6.45) is 7.66. The van der Waals surface area contributed by atoms with Crippen LogP contribution in [0.5, 0.6) is 0 Å². The van der Waals surface area contributed by atoms with E-state index in [2.05, 4.69) is 54.6 Å². The second-order valence-electron chi connectivity index (χ2n) is 5.82. The smallest absolute Gasteiger partial charge is 0.140 e. The van der Waals surface area contributed by atoms with Gasteiger partial charge in [0.05, 0.1) is 5.69 Å². The zero-order chi connectivity index (χ0) is 17.0. The summed E-state index contributed by atoms with van der Waals surface area (Å²) in [6.45, 7) is 0. The van der Waals surface area contributed by atoms with Gasteiger partial charge in [-0.3, -0.25) is 0 Å². The predicted molar refractivity (Wildman–Crippen MR) is 105 cm³/mol. The molecular weight excluding hydrogens is 398 g/mol. The van der Waals surface area contributed by atoms with Crippen molar-refractivity contribution in [2.75, 3.05) is 0 Å². The first-order valence-corrected chi connectivity index (χ1v) is 9.37. The standard InChI is InChI=1S/C18H12BrN5S/c1-24-8-14(11-3-2-4-20-17(11)24)18-23-15(9-25-18)13-7-22-16-12(13)5-10(19)6-21-16/h2-9H,1H3,(H,21,22). The molecule has 0 aliphatic carbocycles. The fraction of sp³-hybridized carbons (Fsp3) is 0.0556. The van der Waals surface area contributed by atoms with Crippen LogP contribution in [0.1, 0.15) is 0 Å². The second kappa shape index (κ2) is 5.50. The second-order valence-corrected chi connectivity index (χ2v) is 7.59. The molecule has 0 spiro atoms. The maximum atomic E-state index is 4.88. The van der Waals surface area contributed by atoms with Gasteiger partial charge < -0.3 is 9.55 Å². The largest absolute Gasteiger partial charge is 0.345 e. The molecule has 5 rings (SSSR count). The number of H-pyrrole nitrogens is 1. The Morgan fingerprint density at radius 3 is 3.04 bits per heavy atom. The molecule has 122 valence electrons. The van der Waals surface area contributed by atoms with E-state index in [9.17, 15) is 0 Å². The molecule has 25 heavy (non-hydrogen) atoms. The first-order valence-electron chi connectivity index (χ1n) is 7.69. The number of fused-ring (bicyclic) bond motifs is 2. The van der Waals surface area contributed by atoms with Gasteiger partial charge in [-0.2, -0.15) is 0 Å². The first kappa shape index (κ1) is 14.8. The molecule has 0 aliphatic heterocycles. The minimum atomic E-state index is 0.863. The van der Waals surface area contributed by atoms with Gasteiger partial charge in [-0.1, -0.05) is 0 Å². The van der Waals surface area contributed by atoms with Crippen LogP contribution in [-0.4, -0.2) is 24.5 Å². The molecule has 1 N–H and O–H groups in total. The van der Waals surface area contributed by atoms with Gasteiger partial charge in [0.2, 0.25) is 0 Å². The monoisotopic (exact) mass is 409 g/mol. The number of pyridine rings is 2. The quantitative estimate of drug-likeness (QED) is 0.446. The van der Waals surface area contributed by atoms with Crippen molar-refractivity contribution in [1.82, 2.24) is 24.5 Å². The SMILES string of the molecule is Cn1cc(-c2nc(-c3c[nH]c4ncc(Br)cc34)cs2)c2cccnc21. The average molecular weight is 410 g/mol. The van der Waals surface area contributed by atoms with Crippen LogP contribution in [0.4, 0.5) is 0 Å². The highest BCUT2D eigenvalue weighted by atomic mass is 79.9. The van der Waals surface area contributed by atoms with E-state index in [1.807, 2.05) is 30.1 Å². The Hall–Kier alpha value is -2.51. The molecule has 5 aromatic rings. The van der Waals surface area contributed by atoms with Gasteiger partial charge in [0.1, 0.15) is 16.3 Å². The third-order valence-corrected chi connectivity index (χ3v) is 5.55. The summed E-state index contributed by atoms with van der Waals surface area (Å²) in [5.74, 6) is 0. The number of hydrogen-bond acceptors (Lipinski definition) is 4. The van der Waals surface area contributed by atoms with E-state index in [0.29, 0.717) is 0 Å². The summed E-state index contributed by atoms with van der Waals surface area (Å²) in [7, 11) is 2.01. The molecule has 5 nitrogen and oxygen atoms in total. The van der Waals surface area contributed by atoms with Gasteiger partial charge >= 0.3 is 0 Å². The number of thiazole rings is 1. The van der Waals surface area contributed by atoms with Gasteiger partial charge in [-0.15, -0.1) is 11.3 Å². The molecule has 0 aliphatic rings. The summed E-state index contributed by atoms with van der Waals surface area (Å²) in [4.78, 5) is 16.9. The number of aromatic nitrogens is 5. The van der Waals surface area contributed by atoms with Gasteiger partial charge in [-0.25, -0.2) is 15.0 Å². The number of halogens is 1. The summed E-state index contributed by atoms with van der Waals surface area (Å²) in [5.41, 5.74) is 4.95. The fourth-order valence-electron chi connectivity index (χ4n) is 3.09. The molecule has 0 amide bonds. The van der Waals surface area contributed by atoms with Crippen LogP contribution in [0.3, 0.4) is 0 Å². The zero-order valence-corrected chi connectivity index (χ0v) is 15.6. The number of aromatic amines is 1. The molecular formula is C18H12BrN5S. The zero-order valence-electron chi connectivity index (χ0n) is 13.2. The van der Waals surface area contributed by atoms with E-state index >= 15 is 0 Å². The summed E-state index contributed by atoms with van der Waals surface area (Å²) < 4.78 is 3.00. The minimum absolute atomic E-state index is 0.863.